The van der Waals surface area contributed by atoms with Crippen molar-refractivity contribution in [2.45, 2.75) is 32.6 Å². The van der Waals surface area contributed by atoms with E-state index in [1.165, 1.54) is 11.3 Å². The van der Waals surface area contributed by atoms with E-state index in [9.17, 15) is 4.39 Å². The summed E-state index contributed by atoms with van der Waals surface area (Å²) < 4.78 is 12.6. The first-order valence-electron chi connectivity index (χ1n) is 4.01. The molecular weight excluding hydrogens is 159 g/mol. The molecule has 62 valence electrons. The summed E-state index contributed by atoms with van der Waals surface area (Å²) in [6, 6.07) is 1.66. The Morgan fingerprint density at radius 1 is 1.45 bits per heavy atom. The van der Waals surface area contributed by atoms with Gasteiger partial charge >= 0.3 is 0 Å². The molecule has 0 aromatic carbocycles. The van der Waals surface area contributed by atoms with Gasteiger partial charge in [0.05, 0.1) is 0 Å². The second kappa shape index (κ2) is 3.86. The van der Waals surface area contributed by atoms with Gasteiger partial charge in [0.15, 0.2) is 5.13 Å². The lowest BCUT2D eigenvalue weighted by atomic mass is 9.97. The zero-order chi connectivity index (χ0) is 8.27. The molecule has 0 fully saturated rings. The van der Waals surface area contributed by atoms with Crippen molar-refractivity contribution in [3.8, 4) is 0 Å². The first kappa shape index (κ1) is 8.72. The predicted octanol–water partition coefficient (Wildman–Crippen LogP) is 3.79. The molecule has 0 aliphatic carbocycles. The molecule has 0 aliphatic heterocycles. The molecule has 1 heterocycles. The molecule has 11 heavy (non-hydrogen) atoms. The van der Waals surface area contributed by atoms with E-state index in [0.717, 1.165) is 18.4 Å². The summed E-state index contributed by atoms with van der Waals surface area (Å²) in [6.45, 7) is 4.29. The van der Waals surface area contributed by atoms with Crippen LogP contribution in [0.5, 0.6) is 0 Å². The number of rotatable bonds is 3. The van der Waals surface area contributed by atoms with Crippen LogP contribution in [0.3, 0.4) is 0 Å². The molecule has 0 atom stereocenters. The Morgan fingerprint density at radius 2 is 2.09 bits per heavy atom. The van der Waals surface area contributed by atoms with E-state index >= 15 is 0 Å². The minimum atomic E-state index is -0.0631. The Morgan fingerprint density at radius 3 is 2.45 bits per heavy atom. The minimum absolute atomic E-state index is 0.0631. The lowest BCUT2D eigenvalue weighted by Gasteiger charge is -2.08. The molecule has 0 radical (unpaired) electrons. The molecule has 0 spiro atoms. The summed E-state index contributed by atoms with van der Waals surface area (Å²) in [5.74, 6) is 0.552. The van der Waals surface area contributed by atoms with Crippen LogP contribution in [0.4, 0.5) is 4.39 Å². The smallest absolute Gasteiger partial charge is 0.176 e. The molecule has 0 aliphatic rings. The number of thiophene rings is 1. The number of hydrogen-bond donors (Lipinski definition) is 0. The third kappa shape index (κ3) is 2.03. The molecule has 1 rings (SSSR count). The Balaban J connectivity index is 2.73. The highest BCUT2D eigenvalue weighted by molar-refractivity contribution is 7.08. The van der Waals surface area contributed by atoms with Crippen LogP contribution in [0.1, 0.15) is 38.2 Å². The fourth-order valence-corrected chi connectivity index (χ4v) is 2.01. The Hall–Kier alpha value is -0.370. The molecule has 0 saturated heterocycles. The van der Waals surface area contributed by atoms with Crippen LogP contribution in [-0.4, -0.2) is 0 Å². The SMILES string of the molecule is CCC(CC)c1csc(F)c1. The lowest BCUT2D eigenvalue weighted by Crippen LogP contribution is -1.91. The Labute approximate surface area is 71.1 Å². The average molecular weight is 172 g/mol. The van der Waals surface area contributed by atoms with Crippen molar-refractivity contribution in [3.63, 3.8) is 0 Å². The maximum absolute atomic E-state index is 12.6. The first-order valence-corrected chi connectivity index (χ1v) is 4.89. The maximum atomic E-state index is 12.6. The number of halogens is 1. The van der Waals surface area contributed by atoms with Gasteiger partial charge in [-0.1, -0.05) is 13.8 Å². The normalized spacial score (nSPS) is 10.9. The van der Waals surface area contributed by atoms with Gasteiger partial charge in [0.2, 0.25) is 0 Å². The van der Waals surface area contributed by atoms with Gasteiger partial charge in [0.25, 0.3) is 0 Å². The fraction of sp³-hybridized carbons (Fsp3) is 0.556. The molecule has 1 aromatic rings. The Bertz CT molecular complexity index is 213. The largest absolute Gasteiger partial charge is 0.195 e. The monoisotopic (exact) mass is 172 g/mol. The van der Waals surface area contributed by atoms with E-state index < -0.39 is 0 Å². The molecular formula is C9H13FS. The van der Waals surface area contributed by atoms with Crippen LogP contribution in [-0.2, 0) is 0 Å². The minimum Gasteiger partial charge on any atom is -0.195 e. The van der Waals surface area contributed by atoms with E-state index in [1.807, 2.05) is 5.38 Å². The van der Waals surface area contributed by atoms with Crippen molar-refractivity contribution < 1.29 is 4.39 Å². The molecule has 0 amide bonds. The van der Waals surface area contributed by atoms with Crippen LogP contribution in [0.25, 0.3) is 0 Å². The average Bonchev–Trinajstić information content (AvgIpc) is 2.39. The van der Waals surface area contributed by atoms with Gasteiger partial charge in [-0.15, -0.1) is 11.3 Å². The Kier molecular flexibility index (Phi) is 3.06. The molecule has 0 unspecified atom stereocenters. The predicted molar refractivity (Wildman–Crippen MR) is 47.6 cm³/mol. The molecule has 0 N–H and O–H groups in total. The summed E-state index contributed by atoms with van der Waals surface area (Å²) in [5.41, 5.74) is 1.16. The maximum Gasteiger partial charge on any atom is 0.176 e. The lowest BCUT2D eigenvalue weighted by molar-refractivity contribution is 0.628. The third-order valence-corrected chi connectivity index (χ3v) is 2.78. The van der Waals surface area contributed by atoms with Crippen LogP contribution < -0.4 is 0 Å². The summed E-state index contributed by atoms with van der Waals surface area (Å²) in [5, 5.41) is 1.86. The van der Waals surface area contributed by atoms with E-state index in [-0.39, 0.29) is 5.13 Å². The van der Waals surface area contributed by atoms with Gasteiger partial charge in [-0.05, 0) is 35.8 Å². The van der Waals surface area contributed by atoms with Crippen LogP contribution >= 0.6 is 11.3 Å². The van der Waals surface area contributed by atoms with Gasteiger partial charge in [-0.25, -0.2) is 0 Å². The molecule has 0 saturated carbocycles. The molecule has 2 heteroatoms. The van der Waals surface area contributed by atoms with E-state index in [1.54, 1.807) is 6.07 Å². The molecule has 0 bridgehead atoms. The van der Waals surface area contributed by atoms with E-state index in [2.05, 4.69) is 13.8 Å². The van der Waals surface area contributed by atoms with Crippen molar-refractivity contribution in [1.82, 2.24) is 0 Å². The van der Waals surface area contributed by atoms with Crippen molar-refractivity contribution in [3.05, 3.63) is 22.1 Å². The fourth-order valence-electron chi connectivity index (χ4n) is 1.30. The second-order valence-corrected chi connectivity index (χ2v) is 3.56. The van der Waals surface area contributed by atoms with E-state index in [0.29, 0.717) is 5.92 Å². The van der Waals surface area contributed by atoms with Crippen LogP contribution in [0.2, 0.25) is 0 Å². The number of hydrogen-bond acceptors (Lipinski definition) is 1. The van der Waals surface area contributed by atoms with Crippen molar-refractivity contribution in [2.24, 2.45) is 0 Å². The second-order valence-electron chi connectivity index (χ2n) is 2.70. The van der Waals surface area contributed by atoms with Gasteiger partial charge in [-0.2, -0.15) is 4.39 Å². The highest BCUT2D eigenvalue weighted by atomic mass is 32.1. The standard InChI is InChI=1S/C9H13FS/c1-3-7(4-2)8-5-9(10)11-6-8/h5-7H,3-4H2,1-2H3. The quantitative estimate of drug-likeness (QED) is 0.650. The summed E-state index contributed by atoms with van der Waals surface area (Å²) in [7, 11) is 0. The zero-order valence-corrected chi connectivity index (χ0v) is 7.75. The van der Waals surface area contributed by atoms with Gasteiger partial charge < -0.3 is 0 Å². The summed E-state index contributed by atoms with van der Waals surface area (Å²) >= 11 is 1.20. The van der Waals surface area contributed by atoms with Crippen molar-refractivity contribution >= 4 is 11.3 Å². The van der Waals surface area contributed by atoms with Gasteiger partial charge in [-0.3, -0.25) is 0 Å². The first-order chi connectivity index (χ1) is 5.27. The van der Waals surface area contributed by atoms with Crippen LogP contribution in [0, 0.1) is 5.13 Å². The van der Waals surface area contributed by atoms with Gasteiger partial charge in [0, 0.05) is 0 Å². The zero-order valence-electron chi connectivity index (χ0n) is 6.93. The topological polar surface area (TPSA) is 0 Å². The van der Waals surface area contributed by atoms with Crippen LogP contribution in [0.15, 0.2) is 11.4 Å². The van der Waals surface area contributed by atoms with Crippen molar-refractivity contribution in [1.29, 1.82) is 0 Å². The third-order valence-electron chi connectivity index (χ3n) is 2.04. The molecule has 1 aromatic heterocycles. The van der Waals surface area contributed by atoms with Gasteiger partial charge in [0.1, 0.15) is 0 Å². The summed E-state index contributed by atoms with van der Waals surface area (Å²) in [4.78, 5) is 0. The molecule has 0 nitrogen and oxygen atoms in total. The highest BCUT2D eigenvalue weighted by Crippen LogP contribution is 2.26. The summed E-state index contributed by atoms with van der Waals surface area (Å²) in [6.07, 6.45) is 2.21. The highest BCUT2D eigenvalue weighted by Gasteiger charge is 2.08. The van der Waals surface area contributed by atoms with Crippen molar-refractivity contribution in [2.75, 3.05) is 0 Å². The van der Waals surface area contributed by atoms with E-state index in [4.69, 9.17) is 0 Å².